The zero-order valence-electron chi connectivity index (χ0n) is 17.2. The van der Waals surface area contributed by atoms with Crippen LogP contribution in [0.3, 0.4) is 0 Å². The second-order valence-corrected chi connectivity index (χ2v) is 8.52. The lowest BCUT2D eigenvalue weighted by Crippen LogP contribution is -2.44. The molecule has 7 nitrogen and oxygen atoms in total. The van der Waals surface area contributed by atoms with Gasteiger partial charge in [-0.25, -0.2) is 0 Å². The number of ether oxygens (including phenoxy) is 1. The Morgan fingerprint density at radius 3 is 1.59 bits per heavy atom. The van der Waals surface area contributed by atoms with Gasteiger partial charge < -0.3 is 4.74 Å². The van der Waals surface area contributed by atoms with Gasteiger partial charge in [-0.3, -0.25) is 29.0 Å². The summed E-state index contributed by atoms with van der Waals surface area (Å²) in [6.07, 6.45) is 6.14. The fourth-order valence-corrected chi connectivity index (χ4v) is 4.81. The Morgan fingerprint density at radius 1 is 0.724 bits per heavy atom. The average molecular weight is 400 g/mol. The van der Waals surface area contributed by atoms with Crippen molar-refractivity contribution in [2.45, 2.75) is 77.4 Å². The number of carbonyl (C=O) groups is 4. The van der Waals surface area contributed by atoms with Crippen LogP contribution in [0.25, 0.3) is 0 Å². The van der Waals surface area contributed by atoms with Crippen LogP contribution in [-0.4, -0.2) is 58.7 Å². The number of hydrogen-bond acceptors (Lipinski definition) is 5. The Kier molecular flexibility index (Phi) is 5.42. The molecule has 0 bridgehead atoms. The lowest BCUT2D eigenvalue weighted by molar-refractivity contribution is -0.142. The third kappa shape index (κ3) is 3.45. The largest absolute Gasteiger partial charge is 0.375 e. The first-order chi connectivity index (χ1) is 13.9. The predicted octanol–water partition coefficient (Wildman–Crippen LogP) is 2.26. The van der Waals surface area contributed by atoms with Crippen LogP contribution >= 0.6 is 0 Å². The highest BCUT2D eigenvalue weighted by atomic mass is 16.5. The summed E-state index contributed by atoms with van der Waals surface area (Å²) in [5.41, 5.74) is 2.69. The Balaban J connectivity index is 1.32. The van der Waals surface area contributed by atoms with Crippen LogP contribution in [0.4, 0.5) is 0 Å². The second-order valence-electron chi connectivity index (χ2n) is 8.52. The zero-order chi connectivity index (χ0) is 20.7. The molecule has 156 valence electrons. The summed E-state index contributed by atoms with van der Waals surface area (Å²) in [6.45, 7) is 3.98. The number of nitrogens with zero attached hydrogens (tertiary/aromatic N) is 2. The van der Waals surface area contributed by atoms with E-state index in [1.807, 2.05) is 6.92 Å². The molecule has 0 fully saturated rings. The molecule has 2 heterocycles. The van der Waals surface area contributed by atoms with E-state index in [0.29, 0.717) is 48.0 Å². The van der Waals surface area contributed by atoms with Gasteiger partial charge in [0.1, 0.15) is 0 Å². The van der Waals surface area contributed by atoms with Crippen LogP contribution in [0.2, 0.25) is 0 Å². The highest BCUT2D eigenvalue weighted by Crippen LogP contribution is 2.35. The molecule has 0 radical (unpaired) electrons. The van der Waals surface area contributed by atoms with Crippen molar-refractivity contribution in [3.8, 4) is 0 Å². The highest BCUT2D eigenvalue weighted by molar-refractivity contribution is 6.20. The quantitative estimate of drug-likeness (QED) is 0.639. The standard InChI is InChI=1S/C22H28N2O5/c1-13(24-21(27)17-9-5-6-10-18(17)22(24)28)12-29-14(2)11-23-19(25)15-7-3-4-8-16(15)20(23)26/h13-14H,3-12H2,1-2H3. The van der Waals surface area contributed by atoms with Gasteiger partial charge in [-0.1, -0.05) is 0 Å². The molecule has 4 aliphatic rings. The van der Waals surface area contributed by atoms with Crippen LogP contribution in [0.5, 0.6) is 0 Å². The lowest BCUT2D eigenvalue weighted by Gasteiger charge is -2.26. The maximum Gasteiger partial charge on any atom is 0.257 e. The first-order valence-electron chi connectivity index (χ1n) is 10.7. The molecule has 4 amide bonds. The first kappa shape index (κ1) is 20.0. The van der Waals surface area contributed by atoms with Crippen LogP contribution in [-0.2, 0) is 23.9 Å². The monoisotopic (exact) mass is 400 g/mol. The summed E-state index contributed by atoms with van der Waals surface area (Å²) < 4.78 is 5.85. The van der Waals surface area contributed by atoms with Gasteiger partial charge in [0, 0.05) is 22.3 Å². The average Bonchev–Trinajstić information content (AvgIpc) is 3.12. The summed E-state index contributed by atoms with van der Waals surface area (Å²) in [5.74, 6) is -0.740. The van der Waals surface area contributed by atoms with E-state index >= 15 is 0 Å². The van der Waals surface area contributed by atoms with Gasteiger partial charge in [0.15, 0.2) is 0 Å². The minimum atomic E-state index is -0.389. The Morgan fingerprint density at radius 2 is 1.14 bits per heavy atom. The molecule has 2 aliphatic carbocycles. The van der Waals surface area contributed by atoms with E-state index in [-0.39, 0.29) is 48.9 Å². The van der Waals surface area contributed by atoms with Crippen molar-refractivity contribution in [2.75, 3.05) is 13.2 Å². The minimum absolute atomic E-state index is 0.183. The van der Waals surface area contributed by atoms with E-state index in [2.05, 4.69) is 0 Å². The number of amides is 4. The first-order valence-corrected chi connectivity index (χ1v) is 10.7. The fraction of sp³-hybridized carbons (Fsp3) is 0.636. The summed E-state index contributed by atoms with van der Waals surface area (Å²) in [6, 6.07) is -0.389. The number of hydrogen-bond donors (Lipinski definition) is 0. The zero-order valence-corrected chi connectivity index (χ0v) is 17.2. The molecule has 2 aliphatic heterocycles. The van der Waals surface area contributed by atoms with Crippen molar-refractivity contribution < 1.29 is 23.9 Å². The molecule has 0 saturated heterocycles. The van der Waals surface area contributed by atoms with Crippen LogP contribution in [0.15, 0.2) is 22.3 Å². The molecule has 0 spiro atoms. The third-order valence-corrected chi connectivity index (χ3v) is 6.40. The van der Waals surface area contributed by atoms with Gasteiger partial charge in [0.2, 0.25) is 0 Å². The second kappa shape index (κ2) is 7.86. The molecule has 0 aromatic rings. The van der Waals surface area contributed by atoms with Crippen molar-refractivity contribution in [3.05, 3.63) is 22.3 Å². The molecular formula is C22H28N2O5. The van der Waals surface area contributed by atoms with E-state index in [1.165, 1.54) is 9.80 Å². The summed E-state index contributed by atoms with van der Waals surface area (Å²) >= 11 is 0. The van der Waals surface area contributed by atoms with Gasteiger partial charge in [0.05, 0.1) is 25.3 Å². The van der Waals surface area contributed by atoms with Gasteiger partial charge in [-0.2, -0.15) is 0 Å². The molecule has 0 saturated carbocycles. The number of rotatable bonds is 6. The van der Waals surface area contributed by atoms with E-state index < -0.39 is 0 Å². The Hall–Kier alpha value is -2.28. The molecule has 0 aromatic carbocycles. The molecule has 0 N–H and O–H groups in total. The van der Waals surface area contributed by atoms with Gasteiger partial charge >= 0.3 is 0 Å². The normalized spacial score (nSPS) is 24.5. The Labute approximate surface area is 170 Å². The molecule has 2 atom stereocenters. The lowest BCUT2D eigenvalue weighted by atomic mass is 9.93. The van der Waals surface area contributed by atoms with Crippen molar-refractivity contribution in [2.24, 2.45) is 0 Å². The molecule has 7 heteroatoms. The number of carbonyl (C=O) groups excluding carboxylic acids is 4. The molecule has 4 rings (SSSR count). The van der Waals surface area contributed by atoms with Crippen molar-refractivity contribution >= 4 is 23.6 Å². The van der Waals surface area contributed by atoms with Crippen LogP contribution in [0.1, 0.15) is 65.2 Å². The molecular weight excluding hydrogens is 372 g/mol. The van der Waals surface area contributed by atoms with Crippen molar-refractivity contribution in [1.82, 2.24) is 9.80 Å². The third-order valence-electron chi connectivity index (χ3n) is 6.40. The van der Waals surface area contributed by atoms with E-state index in [4.69, 9.17) is 4.74 Å². The molecule has 2 unspecified atom stereocenters. The fourth-order valence-electron chi connectivity index (χ4n) is 4.81. The summed E-state index contributed by atoms with van der Waals surface area (Å²) in [7, 11) is 0. The Bertz CT molecular complexity index is 784. The smallest absolute Gasteiger partial charge is 0.257 e. The molecule has 0 aromatic heterocycles. The van der Waals surface area contributed by atoms with Crippen molar-refractivity contribution in [3.63, 3.8) is 0 Å². The summed E-state index contributed by atoms with van der Waals surface area (Å²) in [4.78, 5) is 53.0. The van der Waals surface area contributed by atoms with Gasteiger partial charge in [0.25, 0.3) is 23.6 Å². The number of imide groups is 2. The predicted molar refractivity (Wildman–Crippen MR) is 104 cm³/mol. The van der Waals surface area contributed by atoms with E-state index in [9.17, 15) is 19.2 Å². The minimum Gasteiger partial charge on any atom is -0.375 e. The van der Waals surface area contributed by atoms with Crippen molar-refractivity contribution in [1.29, 1.82) is 0 Å². The topological polar surface area (TPSA) is 84.0 Å². The van der Waals surface area contributed by atoms with Gasteiger partial charge in [-0.05, 0) is 65.2 Å². The maximum absolute atomic E-state index is 12.6. The molecule has 29 heavy (non-hydrogen) atoms. The highest BCUT2D eigenvalue weighted by Gasteiger charge is 2.42. The maximum atomic E-state index is 12.6. The van der Waals surface area contributed by atoms with Crippen LogP contribution in [0, 0.1) is 0 Å². The SMILES string of the molecule is CC(CN1C(=O)C2=C(CCCC2)C1=O)OCC(C)N1C(=O)C2=C(CCCC2)C1=O. The van der Waals surface area contributed by atoms with E-state index in [1.54, 1.807) is 6.92 Å². The van der Waals surface area contributed by atoms with Gasteiger partial charge in [-0.15, -0.1) is 0 Å². The van der Waals surface area contributed by atoms with Crippen LogP contribution < -0.4 is 0 Å². The summed E-state index contributed by atoms with van der Waals surface area (Å²) in [5, 5.41) is 0. The van der Waals surface area contributed by atoms with E-state index in [0.717, 1.165) is 25.7 Å².